The summed E-state index contributed by atoms with van der Waals surface area (Å²) in [5, 5.41) is 6.36. The first-order valence-electron chi connectivity index (χ1n) is 11.1. The molecular weight excluding hydrogens is 424 g/mol. The summed E-state index contributed by atoms with van der Waals surface area (Å²) >= 11 is 1.56. The van der Waals surface area contributed by atoms with E-state index in [1.807, 2.05) is 45.0 Å². The minimum absolute atomic E-state index is 0.0128. The molecule has 0 bridgehead atoms. The third-order valence-corrected chi connectivity index (χ3v) is 6.58. The van der Waals surface area contributed by atoms with E-state index in [4.69, 9.17) is 19.4 Å². The fourth-order valence-corrected chi connectivity index (χ4v) is 4.88. The van der Waals surface area contributed by atoms with Crippen LogP contribution in [0.4, 0.5) is 10.6 Å². The molecule has 3 heterocycles. The Kier molecular flexibility index (Phi) is 6.91. The number of amides is 1. The number of methoxy groups -OCH3 is 1. The van der Waals surface area contributed by atoms with Gasteiger partial charge in [0.2, 0.25) is 0 Å². The predicted octanol–water partition coefficient (Wildman–Crippen LogP) is 5.03. The molecule has 1 fully saturated rings. The number of fused-ring (bicyclic) bond motifs is 1. The molecule has 0 unspecified atom stereocenters. The summed E-state index contributed by atoms with van der Waals surface area (Å²) in [7, 11) is 1.64. The number of aryl methyl sites for hydroxylation is 1. The Balaban J connectivity index is 1.88. The summed E-state index contributed by atoms with van der Waals surface area (Å²) in [6.45, 7) is 8.19. The smallest absolute Gasteiger partial charge is 0.415 e. The quantitative estimate of drug-likeness (QED) is 0.563. The second-order valence-electron chi connectivity index (χ2n) is 8.49. The van der Waals surface area contributed by atoms with Gasteiger partial charge in [-0.3, -0.25) is 4.90 Å². The molecule has 1 N–H and O–H groups in total. The van der Waals surface area contributed by atoms with Crippen LogP contribution in [0.25, 0.3) is 21.6 Å². The molecule has 1 aromatic carbocycles. The Bertz CT molecular complexity index is 1090. The molecule has 0 spiro atoms. The van der Waals surface area contributed by atoms with Gasteiger partial charge in [0.1, 0.15) is 10.6 Å². The summed E-state index contributed by atoms with van der Waals surface area (Å²) in [6, 6.07) is 7.70. The molecule has 2 aromatic heterocycles. The maximum atomic E-state index is 13.4. The summed E-state index contributed by atoms with van der Waals surface area (Å²) < 4.78 is 11.3. The largest absolute Gasteiger partial charge is 0.496 e. The van der Waals surface area contributed by atoms with Crippen LogP contribution in [0.15, 0.2) is 29.6 Å². The SMILES string of the molecule is COc1ccccc1-c1nc(N(C(=O)OCC(C)C)C2CCNCC2)c2c(C)csc2n1. The Morgan fingerprint density at radius 3 is 2.72 bits per heavy atom. The second-order valence-corrected chi connectivity index (χ2v) is 9.35. The number of carbonyl (C=O) groups is 1. The molecule has 3 aromatic rings. The first-order chi connectivity index (χ1) is 15.5. The molecule has 170 valence electrons. The molecule has 0 atom stereocenters. The highest BCUT2D eigenvalue weighted by Crippen LogP contribution is 2.37. The highest BCUT2D eigenvalue weighted by molar-refractivity contribution is 7.17. The van der Waals surface area contributed by atoms with Crippen molar-refractivity contribution < 1.29 is 14.3 Å². The van der Waals surface area contributed by atoms with Crippen molar-refractivity contribution >= 4 is 33.5 Å². The molecule has 7 nitrogen and oxygen atoms in total. The standard InChI is InChI=1S/C24H30N4O3S/c1-15(2)13-31-24(29)28(17-9-11-25-12-10-17)22-20-16(3)14-32-23(20)27-21(26-22)18-7-5-6-8-19(18)30-4/h5-8,14-15,17,25H,9-13H2,1-4H3. The average Bonchev–Trinajstić information content (AvgIpc) is 3.19. The normalized spacial score (nSPS) is 14.7. The lowest BCUT2D eigenvalue weighted by atomic mass is 10.0. The van der Waals surface area contributed by atoms with E-state index >= 15 is 0 Å². The number of hydrogen-bond acceptors (Lipinski definition) is 7. The van der Waals surface area contributed by atoms with E-state index in [2.05, 4.69) is 10.7 Å². The summed E-state index contributed by atoms with van der Waals surface area (Å²) in [5.74, 6) is 2.12. The molecule has 0 aliphatic carbocycles. The number of anilines is 1. The third kappa shape index (κ3) is 4.56. The van der Waals surface area contributed by atoms with Gasteiger partial charge in [0.25, 0.3) is 0 Å². The van der Waals surface area contributed by atoms with Gasteiger partial charge in [0, 0.05) is 6.04 Å². The van der Waals surface area contributed by atoms with Crippen LogP contribution in [0.2, 0.25) is 0 Å². The number of rotatable bonds is 6. The van der Waals surface area contributed by atoms with Gasteiger partial charge < -0.3 is 14.8 Å². The molecular formula is C24H30N4O3S. The van der Waals surface area contributed by atoms with E-state index in [0.29, 0.717) is 24.0 Å². The predicted molar refractivity (Wildman–Crippen MR) is 129 cm³/mol. The Morgan fingerprint density at radius 2 is 2.00 bits per heavy atom. The number of nitrogens with zero attached hydrogens (tertiary/aromatic N) is 3. The number of aromatic nitrogens is 2. The number of thiophene rings is 1. The lowest BCUT2D eigenvalue weighted by Gasteiger charge is -2.34. The number of ether oxygens (including phenoxy) is 2. The first kappa shape index (κ1) is 22.5. The van der Waals surface area contributed by atoms with Gasteiger partial charge in [0.15, 0.2) is 11.6 Å². The van der Waals surface area contributed by atoms with Crippen LogP contribution in [0, 0.1) is 12.8 Å². The van der Waals surface area contributed by atoms with Crippen molar-refractivity contribution in [1.82, 2.24) is 15.3 Å². The van der Waals surface area contributed by atoms with Crippen LogP contribution < -0.4 is 15.0 Å². The highest BCUT2D eigenvalue weighted by Gasteiger charge is 2.32. The van der Waals surface area contributed by atoms with Crippen molar-refractivity contribution in [3.8, 4) is 17.1 Å². The Morgan fingerprint density at radius 1 is 1.25 bits per heavy atom. The molecule has 1 amide bonds. The van der Waals surface area contributed by atoms with Crippen LogP contribution in [0.5, 0.6) is 5.75 Å². The average molecular weight is 455 g/mol. The van der Waals surface area contributed by atoms with Gasteiger partial charge in [-0.25, -0.2) is 14.8 Å². The van der Waals surface area contributed by atoms with Crippen LogP contribution >= 0.6 is 11.3 Å². The summed E-state index contributed by atoms with van der Waals surface area (Å²) in [5.41, 5.74) is 1.85. The summed E-state index contributed by atoms with van der Waals surface area (Å²) in [6.07, 6.45) is 1.34. The number of carbonyl (C=O) groups excluding carboxylic acids is 1. The fourth-order valence-electron chi connectivity index (χ4n) is 3.97. The Hall–Kier alpha value is -2.71. The molecule has 4 rings (SSSR count). The monoisotopic (exact) mass is 454 g/mol. The molecule has 1 aliphatic rings. The summed E-state index contributed by atoms with van der Waals surface area (Å²) in [4.78, 5) is 25.8. The number of nitrogens with one attached hydrogen (secondary N) is 1. The molecule has 1 saturated heterocycles. The second kappa shape index (κ2) is 9.83. The van der Waals surface area contributed by atoms with Crippen molar-refractivity contribution in [2.24, 2.45) is 5.92 Å². The van der Waals surface area contributed by atoms with Crippen molar-refractivity contribution in [3.63, 3.8) is 0 Å². The molecule has 8 heteroatoms. The lowest BCUT2D eigenvalue weighted by molar-refractivity contribution is 0.136. The maximum Gasteiger partial charge on any atom is 0.415 e. The number of para-hydroxylation sites is 1. The van der Waals surface area contributed by atoms with E-state index in [-0.39, 0.29) is 18.1 Å². The van der Waals surface area contributed by atoms with Gasteiger partial charge in [-0.2, -0.15) is 0 Å². The topological polar surface area (TPSA) is 76.6 Å². The fraction of sp³-hybridized carbons (Fsp3) is 0.458. The molecule has 0 radical (unpaired) electrons. The van der Waals surface area contributed by atoms with Gasteiger partial charge in [-0.1, -0.05) is 26.0 Å². The van der Waals surface area contributed by atoms with Gasteiger partial charge in [0.05, 0.1) is 24.7 Å². The van der Waals surface area contributed by atoms with Crippen LogP contribution in [-0.4, -0.2) is 48.9 Å². The van der Waals surface area contributed by atoms with Gasteiger partial charge >= 0.3 is 6.09 Å². The van der Waals surface area contributed by atoms with Crippen molar-refractivity contribution in [3.05, 3.63) is 35.2 Å². The molecule has 32 heavy (non-hydrogen) atoms. The van der Waals surface area contributed by atoms with Crippen molar-refractivity contribution in [2.75, 3.05) is 31.7 Å². The zero-order valence-electron chi connectivity index (χ0n) is 19.1. The van der Waals surface area contributed by atoms with Gasteiger partial charge in [-0.15, -0.1) is 11.3 Å². The van der Waals surface area contributed by atoms with E-state index in [0.717, 1.165) is 47.3 Å². The zero-order chi connectivity index (χ0) is 22.7. The Labute approximate surface area is 192 Å². The molecule has 1 aliphatic heterocycles. The van der Waals surface area contributed by atoms with E-state index in [1.54, 1.807) is 23.3 Å². The maximum absolute atomic E-state index is 13.4. The van der Waals surface area contributed by atoms with E-state index < -0.39 is 0 Å². The van der Waals surface area contributed by atoms with Gasteiger partial charge in [-0.05, 0) is 61.8 Å². The lowest BCUT2D eigenvalue weighted by Crippen LogP contribution is -2.47. The zero-order valence-corrected chi connectivity index (χ0v) is 19.9. The number of hydrogen-bond donors (Lipinski definition) is 1. The third-order valence-electron chi connectivity index (χ3n) is 5.59. The van der Waals surface area contributed by atoms with Crippen LogP contribution in [0.1, 0.15) is 32.3 Å². The van der Waals surface area contributed by atoms with Crippen LogP contribution in [0.3, 0.4) is 0 Å². The number of piperidine rings is 1. The highest BCUT2D eigenvalue weighted by atomic mass is 32.1. The minimum atomic E-state index is -0.345. The van der Waals surface area contributed by atoms with E-state index in [9.17, 15) is 4.79 Å². The van der Waals surface area contributed by atoms with Crippen molar-refractivity contribution in [1.29, 1.82) is 0 Å². The van der Waals surface area contributed by atoms with E-state index in [1.165, 1.54) is 0 Å². The molecule has 0 saturated carbocycles. The number of benzene rings is 1. The van der Waals surface area contributed by atoms with Crippen LogP contribution in [-0.2, 0) is 4.74 Å². The minimum Gasteiger partial charge on any atom is -0.496 e. The first-order valence-corrected chi connectivity index (χ1v) is 11.9. The van der Waals surface area contributed by atoms with Crippen molar-refractivity contribution in [2.45, 2.75) is 39.7 Å².